The molecule has 0 amide bonds. The molecule has 3 aromatic carbocycles. The van der Waals surface area contributed by atoms with Crippen molar-refractivity contribution in [2.75, 3.05) is 4.72 Å². The maximum atomic E-state index is 14.2. The zero-order valence-corrected chi connectivity index (χ0v) is 23.7. The highest BCUT2D eigenvalue weighted by molar-refractivity contribution is 7.92. The van der Waals surface area contributed by atoms with Crippen LogP contribution in [-0.2, 0) is 23.2 Å². The van der Waals surface area contributed by atoms with Gasteiger partial charge in [-0.1, -0.05) is 6.07 Å². The van der Waals surface area contributed by atoms with Gasteiger partial charge in [-0.05, 0) is 60.2 Å². The Bertz CT molecular complexity index is 2300. The van der Waals surface area contributed by atoms with Crippen LogP contribution in [0.25, 0.3) is 27.7 Å². The lowest BCUT2D eigenvalue weighted by Crippen LogP contribution is -2.19. The van der Waals surface area contributed by atoms with Crippen LogP contribution in [0.5, 0.6) is 0 Å². The second-order valence-corrected chi connectivity index (χ2v) is 11.7. The third kappa shape index (κ3) is 4.94. The minimum Gasteiger partial charge on any atom is -0.334 e. The molecule has 0 radical (unpaired) electrons. The summed E-state index contributed by atoms with van der Waals surface area (Å²) < 4.78 is 141. The molecule has 0 aliphatic carbocycles. The summed E-state index contributed by atoms with van der Waals surface area (Å²) in [5.74, 6) is -13.2. The second-order valence-electron chi connectivity index (χ2n) is 10.0. The molecule has 3 aromatic heterocycles. The van der Waals surface area contributed by atoms with E-state index in [2.05, 4.69) is 4.98 Å². The van der Waals surface area contributed by atoms with E-state index in [9.17, 15) is 48.3 Å². The number of fused-ring (bicyclic) bond motifs is 2. The summed E-state index contributed by atoms with van der Waals surface area (Å²) in [6, 6.07) is 12.3. The molecule has 0 atom stereocenters. The van der Waals surface area contributed by atoms with Gasteiger partial charge in [-0.3, -0.25) is 9.52 Å². The van der Waals surface area contributed by atoms with Gasteiger partial charge in [0.25, 0.3) is 10.0 Å². The molecule has 6 rings (SSSR count). The van der Waals surface area contributed by atoms with Gasteiger partial charge in [-0.2, -0.15) is 13.2 Å². The summed E-state index contributed by atoms with van der Waals surface area (Å²) in [5, 5.41) is 0. The van der Waals surface area contributed by atoms with Crippen LogP contribution < -0.4 is 4.72 Å². The summed E-state index contributed by atoms with van der Waals surface area (Å²) >= 11 is 0. The number of nitrogens with one attached hydrogen (secondary N) is 1. The monoisotopic (exact) mass is 664 g/mol. The molecule has 236 valence electrons. The van der Waals surface area contributed by atoms with Crippen LogP contribution in [0.2, 0.25) is 0 Å². The Morgan fingerprint density at radius 1 is 0.804 bits per heavy atom. The van der Waals surface area contributed by atoms with E-state index in [1.54, 1.807) is 11.8 Å². The van der Waals surface area contributed by atoms with Crippen LogP contribution >= 0.6 is 0 Å². The van der Waals surface area contributed by atoms with Crippen molar-refractivity contribution in [3.63, 3.8) is 0 Å². The summed E-state index contributed by atoms with van der Waals surface area (Å²) in [7, 11) is -3.76. The molecule has 0 bridgehead atoms. The maximum Gasteiger partial charge on any atom is 0.417 e. The topological polar surface area (TPSA) is 85.5 Å². The van der Waals surface area contributed by atoms with Crippen LogP contribution in [-0.4, -0.2) is 28.2 Å². The quantitative estimate of drug-likeness (QED) is 0.0881. The lowest BCUT2D eigenvalue weighted by atomic mass is 9.98. The van der Waals surface area contributed by atoms with Gasteiger partial charge >= 0.3 is 6.18 Å². The number of hydrogen-bond acceptors (Lipinski definition) is 4. The van der Waals surface area contributed by atoms with Crippen LogP contribution in [0.1, 0.15) is 21.6 Å². The van der Waals surface area contributed by atoms with Gasteiger partial charge in [0.05, 0.1) is 34.1 Å². The first-order valence-electron chi connectivity index (χ1n) is 12.9. The minimum absolute atomic E-state index is 0.0269. The highest BCUT2D eigenvalue weighted by Gasteiger charge is 2.36. The molecule has 0 spiro atoms. The molecule has 1 N–H and O–H groups in total. The van der Waals surface area contributed by atoms with Crippen molar-refractivity contribution in [2.24, 2.45) is 7.05 Å². The Morgan fingerprint density at radius 2 is 1.43 bits per heavy atom. The zero-order valence-electron chi connectivity index (χ0n) is 22.9. The van der Waals surface area contributed by atoms with Gasteiger partial charge in [0.2, 0.25) is 11.6 Å². The van der Waals surface area contributed by atoms with Crippen molar-refractivity contribution in [2.45, 2.75) is 11.1 Å². The number of pyridine rings is 1. The molecular weight excluding hydrogens is 648 g/mol. The van der Waals surface area contributed by atoms with Gasteiger partial charge in [0, 0.05) is 30.1 Å². The van der Waals surface area contributed by atoms with Crippen LogP contribution in [0.4, 0.5) is 40.8 Å². The van der Waals surface area contributed by atoms with Crippen molar-refractivity contribution in [3.8, 4) is 11.1 Å². The molecule has 6 aromatic rings. The Balaban J connectivity index is 1.34. The molecule has 3 heterocycles. The first-order valence-corrected chi connectivity index (χ1v) is 14.4. The average Bonchev–Trinajstić information content (AvgIpc) is 3.61. The summed E-state index contributed by atoms with van der Waals surface area (Å²) in [6.07, 6.45) is -1.87. The fourth-order valence-electron chi connectivity index (χ4n) is 5.05. The summed E-state index contributed by atoms with van der Waals surface area (Å²) in [4.78, 5) is 15.5. The Hall–Kier alpha value is -5.25. The van der Waals surface area contributed by atoms with Crippen LogP contribution in [0.15, 0.2) is 78.1 Å². The number of anilines is 1. The number of nitrogens with zero attached hydrogens (tertiary/aromatic N) is 3. The Labute approximate surface area is 253 Å². The van der Waals surface area contributed by atoms with E-state index in [4.69, 9.17) is 0 Å². The van der Waals surface area contributed by atoms with Gasteiger partial charge in [-0.15, -0.1) is 0 Å². The maximum absolute atomic E-state index is 14.2. The Morgan fingerprint density at radius 3 is 2.07 bits per heavy atom. The second kappa shape index (κ2) is 10.7. The standard InChI is InChI=1S/C30H16F8N4O3S/c1-41-13-39-19-11-17(18(12-22(19)41)30(36,37)38)16-3-2-10-42-20(16)8-9-21(42)28(43)14-4-6-15(7-5-14)40-46(44,45)29-26(34)24(32)23(31)25(33)27(29)35/h2-13,40H,1H3. The van der Waals surface area contributed by atoms with E-state index in [-0.39, 0.29) is 39.1 Å². The number of benzene rings is 3. The van der Waals surface area contributed by atoms with E-state index in [0.717, 1.165) is 30.3 Å². The minimum atomic E-state index is -5.32. The van der Waals surface area contributed by atoms with Crippen LogP contribution in [0.3, 0.4) is 0 Å². The van der Waals surface area contributed by atoms with E-state index < -0.39 is 61.5 Å². The van der Waals surface area contributed by atoms with Crippen molar-refractivity contribution in [3.05, 3.63) is 119 Å². The number of aryl methyl sites for hydroxylation is 1. The van der Waals surface area contributed by atoms with Crippen molar-refractivity contribution < 1.29 is 48.3 Å². The number of halogens is 8. The summed E-state index contributed by atoms with van der Waals surface area (Å²) in [6.45, 7) is 0. The van der Waals surface area contributed by atoms with Crippen molar-refractivity contribution in [1.82, 2.24) is 14.0 Å². The molecule has 7 nitrogen and oxygen atoms in total. The van der Waals surface area contributed by atoms with E-state index in [1.165, 1.54) is 51.8 Å². The van der Waals surface area contributed by atoms with Gasteiger partial charge in [0.15, 0.2) is 28.2 Å². The molecule has 16 heteroatoms. The third-order valence-electron chi connectivity index (χ3n) is 7.22. The molecule has 0 saturated heterocycles. The SMILES string of the molecule is Cn1cnc2cc(-c3cccn4c(C(=O)c5ccc(NS(=O)(=O)c6c(F)c(F)c(F)c(F)c6F)cc5)ccc34)c(C(F)(F)F)cc21. The zero-order chi connectivity index (χ0) is 33.3. The van der Waals surface area contributed by atoms with Gasteiger partial charge < -0.3 is 8.97 Å². The van der Waals surface area contributed by atoms with Crippen molar-refractivity contribution in [1.29, 1.82) is 0 Å². The highest BCUT2D eigenvalue weighted by Crippen LogP contribution is 2.41. The van der Waals surface area contributed by atoms with Gasteiger partial charge in [-0.25, -0.2) is 35.4 Å². The van der Waals surface area contributed by atoms with Gasteiger partial charge in [0.1, 0.15) is 0 Å². The number of ketones is 1. The normalized spacial score (nSPS) is 12.3. The first-order chi connectivity index (χ1) is 21.6. The largest absolute Gasteiger partial charge is 0.417 e. The van der Waals surface area contributed by atoms with E-state index in [1.807, 2.05) is 0 Å². The number of carbonyl (C=O) groups excluding carboxylic acids is 1. The third-order valence-corrected chi connectivity index (χ3v) is 8.62. The van der Waals surface area contributed by atoms with E-state index in [0.29, 0.717) is 5.52 Å². The molecule has 0 aliphatic rings. The number of alkyl halides is 3. The van der Waals surface area contributed by atoms with Crippen LogP contribution in [0, 0.1) is 29.1 Å². The number of imidazole rings is 1. The fourth-order valence-corrected chi connectivity index (χ4v) is 6.25. The average molecular weight is 665 g/mol. The summed E-state index contributed by atoms with van der Waals surface area (Å²) in [5.41, 5.74) is -0.430. The van der Waals surface area contributed by atoms with E-state index >= 15 is 0 Å². The number of carbonyl (C=O) groups is 1. The number of rotatable bonds is 6. The Kier molecular flexibility index (Phi) is 7.14. The molecular formula is C30H16F8N4O3S. The molecule has 0 unspecified atom stereocenters. The molecule has 0 saturated carbocycles. The molecule has 0 fully saturated rings. The smallest absolute Gasteiger partial charge is 0.334 e. The number of sulfonamides is 1. The fraction of sp³-hybridized carbons (Fsp3) is 0.0667. The first kappa shape index (κ1) is 30.8. The highest BCUT2D eigenvalue weighted by atomic mass is 32.2. The number of hydrogen-bond donors (Lipinski definition) is 1. The lowest BCUT2D eigenvalue weighted by molar-refractivity contribution is -0.137. The molecule has 46 heavy (non-hydrogen) atoms. The molecule has 0 aliphatic heterocycles. The predicted octanol–water partition coefficient (Wildman–Crippen LogP) is 7.24. The lowest BCUT2D eigenvalue weighted by Gasteiger charge is -2.15. The predicted molar refractivity (Wildman–Crippen MR) is 149 cm³/mol. The number of aromatic nitrogens is 3. The van der Waals surface area contributed by atoms with Crippen molar-refractivity contribution >= 4 is 38.0 Å².